The van der Waals surface area contributed by atoms with E-state index in [4.69, 9.17) is 19.4 Å². The lowest BCUT2D eigenvalue weighted by Crippen LogP contribution is -2.43. The zero-order chi connectivity index (χ0) is 26.7. The lowest BCUT2D eigenvalue weighted by atomic mass is 9.91. The predicted molar refractivity (Wildman–Crippen MR) is 139 cm³/mol. The van der Waals surface area contributed by atoms with E-state index in [1.165, 1.54) is 18.2 Å². The Balaban J connectivity index is 1.57. The molecule has 3 aromatic rings. The molecule has 8 nitrogen and oxygen atoms in total. The molecule has 0 saturated carbocycles. The largest absolute Gasteiger partial charge is 0.463 e. The van der Waals surface area contributed by atoms with Crippen LogP contribution in [-0.2, 0) is 29.2 Å². The van der Waals surface area contributed by atoms with Gasteiger partial charge in [-0.1, -0.05) is 60.7 Å². The molecule has 0 amide bonds. The summed E-state index contributed by atoms with van der Waals surface area (Å²) < 4.78 is 39.1. The quantitative estimate of drug-likeness (QED) is 0.332. The number of benzene rings is 3. The minimum Gasteiger partial charge on any atom is -0.463 e. The molecule has 1 aliphatic carbocycles. The van der Waals surface area contributed by atoms with Crippen molar-refractivity contribution in [3.8, 4) is 16.9 Å². The highest BCUT2D eigenvalue weighted by molar-refractivity contribution is 7.86. The van der Waals surface area contributed by atoms with Gasteiger partial charge in [-0.3, -0.25) is 9.59 Å². The van der Waals surface area contributed by atoms with Crippen LogP contribution < -0.4 is 9.92 Å². The molecule has 0 aliphatic heterocycles. The van der Waals surface area contributed by atoms with E-state index in [-0.39, 0.29) is 23.8 Å². The Bertz CT molecular complexity index is 1370. The third-order valence-corrected chi connectivity index (χ3v) is 6.55. The second kappa shape index (κ2) is 10.7. The van der Waals surface area contributed by atoms with Crippen molar-refractivity contribution in [3.05, 3.63) is 89.5 Å². The van der Waals surface area contributed by atoms with Crippen LogP contribution in [0.4, 0.5) is 0 Å². The molecule has 0 aromatic heterocycles. The van der Waals surface area contributed by atoms with E-state index in [0.717, 1.165) is 28.5 Å². The summed E-state index contributed by atoms with van der Waals surface area (Å²) in [4.78, 5) is 26.2. The third kappa shape index (κ3) is 6.00. The first kappa shape index (κ1) is 26.4. The predicted octanol–water partition coefficient (Wildman–Crippen LogP) is 3.74. The van der Waals surface area contributed by atoms with Gasteiger partial charge in [-0.15, -0.1) is 0 Å². The SMILES string of the molecule is CC(C)OC(=O)C(c1cccc(OS(C)(=O)=O)c1)C(N)C(=O)OCC1c2ccccc2-c2ccccc21. The highest BCUT2D eigenvalue weighted by Crippen LogP contribution is 2.44. The Morgan fingerprint density at radius 1 is 0.892 bits per heavy atom. The van der Waals surface area contributed by atoms with Gasteiger partial charge in [-0.25, -0.2) is 0 Å². The zero-order valence-electron chi connectivity index (χ0n) is 20.8. The van der Waals surface area contributed by atoms with Crippen molar-refractivity contribution >= 4 is 22.1 Å². The molecule has 3 aromatic carbocycles. The lowest BCUT2D eigenvalue weighted by molar-refractivity contribution is -0.156. The van der Waals surface area contributed by atoms with Gasteiger partial charge in [0.1, 0.15) is 24.3 Å². The molecular weight excluding hydrogens is 494 g/mol. The molecule has 1 aliphatic rings. The maximum atomic E-state index is 13.2. The van der Waals surface area contributed by atoms with Gasteiger partial charge in [0.15, 0.2) is 0 Å². The Morgan fingerprint density at radius 3 is 2.05 bits per heavy atom. The summed E-state index contributed by atoms with van der Waals surface area (Å²) in [6.07, 6.45) is 0.451. The van der Waals surface area contributed by atoms with E-state index < -0.39 is 40.1 Å². The molecular formula is C28H29NO7S. The van der Waals surface area contributed by atoms with Gasteiger partial charge in [-0.2, -0.15) is 8.42 Å². The van der Waals surface area contributed by atoms with E-state index in [0.29, 0.717) is 0 Å². The molecule has 2 atom stereocenters. The highest BCUT2D eigenvalue weighted by atomic mass is 32.2. The van der Waals surface area contributed by atoms with Crippen LogP contribution in [0.1, 0.15) is 42.4 Å². The van der Waals surface area contributed by atoms with Gasteiger partial charge in [0.25, 0.3) is 0 Å². The van der Waals surface area contributed by atoms with Crippen molar-refractivity contribution in [2.45, 2.75) is 37.8 Å². The van der Waals surface area contributed by atoms with Crippen LogP contribution >= 0.6 is 0 Å². The first-order valence-corrected chi connectivity index (χ1v) is 13.7. The van der Waals surface area contributed by atoms with Crippen LogP contribution in [-0.4, -0.2) is 45.4 Å². The van der Waals surface area contributed by atoms with Crippen LogP contribution in [0.5, 0.6) is 5.75 Å². The number of ether oxygens (including phenoxy) is 2. The summed E-state index contributed by atoms with van der Waals surface area (Å²) in [5.41, 5.74) is 10.8. The second-order valence-electron chi connectivity index (χ2n) is 9.21. The molecule has 0 bridgehead atoms. The number of carbonyl (C=O) groups excluding carboxylic acids is 2. The fourth-order valence-corrected chi connectivity index (χ4v) is 5.02. The van der Waals surface area contributed by atoms with E-state index in [1.54, 1.807) is 19.9 Å². The summed E-state index contributed by atoms with van der Waals surface area (Å²) in [5.74, 6) is -2.92. The number of carbonyl (C=O) groups is 2. The van der Waals surface area contributed by atoms with Crippen molar-refractivity contribution in [2.75, 3.05) is 12.9 Å². The van der Waals surface area contributed by atoms with E-state index in [2.05, 4.69) is 0 Å². The zero-order valence-corrected chi connectivity index (χ0v) is 21.6. The van der Waals surface area contributed by atoms with Crippen molar-refractivity contribution in [1.29, 1.82) is 0 Å². The van der Waals surface area contributed by atoms with Gasteiger partial charge in [-0.05, 0) is 53.8 Å². The van der Waals surface area contributed by atoms with Crippen molar-refractivity contribution in [1.82, 2.24) is 0 Å². The first-order chi connectivity index (χ1) is 17.5. The van der Waals surface area contributed by atoms with Gasteiger partial charge in [0.05, 0.1) is 12.4 Å². The molecule has 4 rings (SSSR count). The molecule has 0 fully saturated rings. The maximum Gasteiger partial charge on any atom is 0.324 e. The second-order valence-corrected chi connectivity index (χ2v) is 10.8. The van der Waals surface area contributed by atoms with Crippen LogP contribution in [0.3, 0.4) is 0 Å². The number of hydrogen-bond acceptors (Lipinski definition) is 8. The van der Waals surface area contributed by atoms with Crippen molar-refractivity contribution in [3.63, 3.8) is 0 Å². The average molecular weight is 524 g/mol. The summed E-state index contributed by atoms with van der Waals surface area (Å²) in [7, 11) is -3.80. The summed E-state index contributed by atoms with van der Waals surface area (Å²) in [6.45, 7) is 3.40. The summed E-state index contributed by atoms with van der Waals surface area (Å²) in [5, 5.41) is 0. The van der Waals surface area contributed by atoms with Crippen LogP contribution in [0.25, 0.3) is 11.1 Å². The normalized spacial score (nSPS) is 14.4. The van der Waals surface area contributed by atoms with E-state index in [1.807, 2.05) is 48.5 Å². The smallest absolute Gasteiger partial charge is 0.324 e. The van der Waals surface area contributed by atoms with E-state index in [9.17, 15) is 18.0 Å². The molecule has 194 valence electrons. The first-order valence-electron chi connectivity index (χ1n) is 11.9. The minimum absolute atomic E-state index is 0.0120. The number of rotatable bonds is 9. The molecule has 9 heteroatoms. The summed E-state index contributed by atoms with van der Waals surface area (Å²) >= 11 is 0. The number of esters is 2. The molecule has 37 heavy (non-hydrogen) atoms. The van der Waals surface area contributed by atoms with Crippen molar-refractivity contribution < 1.29 is 31.7 Å². The average Bonchev–Trinajstić information content (AvgIpc) is 3.15. The Kier molecular flexibility index (Phi) is 7.65. The molecule has 0 spiro atoms. The number of hydrogen-bond donors (Lipinski definition) is 1. The van der Waals surface area contributed by atoms with E-state index >= 15 is 0 Å². The van der Waals surface area contributed by atoms with Crippen LogP contribution in [0, 0.1) is 0 Å². The molecule has 2 unspecified atom stereocenters. The molecule has 2 N–H and O–H groups in total. The van der Waals surface area contributed by atoms with Gasteiger partial charge < -0.3 is 19.4 Å². The molecule has 0 radical (unpaired) electrons. The van der Waals surface area contributed by atoms with Gasteiger partial charge >= 0.3 is 22.1 Å². The van der Waals surface area contributed by atoms with Gasteiger partial charge in [0.2, 0.25) is 0 Å². The number of fused-ring (bicyclic) bond motifs is 3. The monoisotopic (exact) mass is 523 g/mol. The number of nitrogens with two attached hydrogens (primary N) is 1. The molecule has 0 saturated heterocycles. The summed E-state index contributed by atoms with van der Waals surface area (Å²) in [6, 6.07) is 20.3. The lowest BCUT2D eigenvalue weighted by Gasteiger charge is -2.24. The fourth-order valence-electron chi connectivity index (χ4n) is 4.57. The van der Waals surface area contributed by atoms with Crippen molar-refractivity contribution in [2.24, 2.45) is 5.73 Å². The van der Waals surface area contributed by atoms with Gasteiger partial charge in [0, 0.05) is 5.92 Å². The highest BCUT2D eigenvalue weighted by Gasteiger charge is 2.37. The maximum absolute atomic E-state index is 13.2. The molecule has 0 heterocycles. The topological polar surface area (TPSA) is 122 Å². The fraction of sp³-hybridized carbons (Fsp3) is 0.286. The Hall–Kier alpha value is -3.69. The minimum atomic E-state index is -3.80. The standard InChI is InChI=1S/C28H29NO7S/c1-17(2)35-27(30)25(18-9-8-10-19(15-18)36-37(3,32)33)26(29)28(31)34-16-24-22-13-6-4-11-20(22)21-12-5-7-14-23(21)24/h4-15,17,24-26H,16,29H2,1-3H3. The van der Waals surface area contributed by atoms with Crippen LogP contribution in [0.2, 0.25) is 0 Å². The Labute approximate surface area is 216 Å². The van der Waals surface area contributed by atoms with Crippen LogP contribution in [0.15, 0.2) is 72.8 Å². The third-order valence-electron chi connectivity index (χ3n) is 6.06. The Morgan fingerprint density at radius 2 is 1.49 bits per heavy atom.